The summed E-state index contributed by atoms with van der Waals surface area (Å²) in [7, 11) is 0. The Balaban J connectivity index is 1.79. The number of para-hydroxylation sites is 1. The summed E-state index contributed by atoms with van der Waals surface area (Å²) in [6.07, 6.45) is 0.903. The van der Waals surface area contributed by atoms with Crippen LogP contribution in [0.15, 0.2) is 58.1 Å². The Morgan fingerprint density at radius 2 is 1.62 bits per heavy atom. The molecule has 1 aliphatic heterocycles. The largest absolute Gasteiger partial charge is 0.337 e. The van der Waals surface area contributed by atoms with E-state index in [1.54, 1.807) is 0 Å². The molecule has 0 aromatic heterocycles. The molecule has 0 radical (unpaired) electrons. The summed E-state index contributed by atoms with van der Waals surface area (Å²) in [5, 5.41) is 0. The molecular weight excluding hydrogens is 298 g/mol. The maximum absolute atomic E-state index is 12.3. The average Bonchev–Trinajstić information content (AvgIpc) is 3.02. The molecule has 3 nitrogen and oxygen atoms in total. The maximum Gasteiger partial charge on any atom is 0.250 e. The normalized spacial score (nSPS) is 13.7. The van der Waals surface area contributed by atoms with E-state index in [2.05, 4.69) is 19.9 Å². The summed E-state index contributed by atoms with van der Waals surface area (Å²) >= 11 is 0. The molecule has 3 heteroatoms. The van der Waals surface area contributed by atoms with Gasteiger partial charge in [0, 0.05) is 12.2 Å². The van der Waals surface area contributed by atoms with Gasteiger partial charge in [0.25, 0.3) is 5.43 Å². The van der Waals surface area contributed by atoms with Gasteiger partial charge in [0.15, 0.2) is 0 Å². The molecule has 4 rings (SSSR count). The zero-order valence-corrected chi connectivity index (χ0v) is 13.9. The lowest BCUT2D eigenvalue weighted by Crippen LogP contribution is -2.39. The third-order valence-corrected chi connectivity index (χ3v) is 4.91. The van der Waals surface area contributed by atoms with Crippen molar-refractivity contribution in [2.45, 2.75) is 26.2 Å². The van der Waals surface area contributed by atoms with Crippen LogP contribution < -0.4 is 15.8 Å². The highest BCUT2D eigenvalue weighted by Gasteiger charge is 2.31. The van der Waals surface area contributed by atoms with Crippen molar-refractivity contribution >= 4 is 11.4 Å². The molecule has 1 aliphatic rings. The maximum atomic E-state index is 12.3. The number of hydrogen-bond acceptors (Lipinski definition) is 3. The lowest BCUT2D eigenvalue weighted by Gasteiger charge is -2.23. The van der Waals surface area contributed by atoms with Gasteiger partial charge in [-0.3, -0.25) is 9.59 Å². The number of benzene rings is 2. The van der Waals surface area contributed by atoms with E-state index in [-0.39, 0.29) is 10.9 Å². The van der Waals surface area contributed by atoms with Gasteiger partial charge in [-0.05, 0) is 35.1 Å². The molecule has 0 fully saturated rings. The van der Waals surface area contributed by atoms with Crippen LogP contribution in [0.1, 0.15) is 30.9 Å². The van der Waals surface area contributed by atoms with E-state index in [0.29, 0.717) is 17.2 Å². The Hall–Kier alpha value is -2.68. The van der Waals surface area contributed by atoms with Crippen molar-refractivity contribution in [3.63, 3.8) is 0 Å². The van der Waals surface area contributed by atoms with Crippen LogP contribution in [0.3, 0.4) is 0 Å². The van der Waals surface area contributed by atoms with Gasteiger partial charge in [-0.25, -0.2) is 0 Å². The van der Waals surface area contributed by atoms with Crippen molar-refractivity contribution in [3.8, 4) is 11.1 Å². The minimum atomic E-state index is -0.369. The van der Waals surface area contributed by atoms with Crippen molar-refractivity contribution in [1.29, 1.82) is 0 Å². The highest BCUT2D eigenvalue weighted by Crippen LogP contribution is 2.37. The molecule has 0 N–H and O–H groups in total. The average molecular weight is 317 g/mol. The van der Waals surface area contributed by atoms with Gasteiger partial charge in [0.2, 0.25) is 5.43 Å². The summed E-state index contributed by atoms with van der Waals surface area (Å²) < 4.78 is 0. The molecule has 0 aliphatic carbocycles. The van der Waals surface area contributed by atoms with Crippen molar-refractivity contribution in [1.82, 2.24) is 0 Å². The molecule has 0 atom stereocenters. The second-order valence-corrected chi connectivity index (χ2v) is 6.69. The second-order valence-electron chi connectivity index (χ2n) is 6.69. The smallest absolute Gasteiger partial charge is 0.250 e. The van der Waals surface area contributed by atoms with E-state index in [0.717, 1.165) is 24.2 Å². The van der Waals surface area contributed by atoms with Gasteiger partial charge in [-0.1, -0.05) is 56.3 Å². The lowest BCUT2D eigenvalue weighted by molar-refractivity contribution is 0.867. The second kappa shape index (κ2) is 5.45. The van der Waals surface area contributed by atoms with Crippen LogP contribution in [0.25, 0.3) is 11.1 Å². The predicted molar refractivity (Wildman–Crippen MR) is 98.0 cm³/mol. The first-order chi connectivity index (χ1) is 11.6. The molecular formula is C21H19NO2. The minimum Gasteiger partial charge on any atom is -0.337 e. The molecule has 0 saturated carbocycles. The number of nitrogens with zero attached hydrogens (tertiary/aromatic N) is 1. The van der Waals surface area contributed by atoms with Gasteiger partial charge in [-0.15, -0.1) is 0 Å². The third kappa shape index (κ3) is 2.12. The van der Waals surface area contributed by atoms with Crippen LogP contribution in [-0.2, 0) is 6.42 Å². The number of anilines is 2. The van der Waals surface area contributed by atoms with Gasteiger partial charge < -0.3 is 4.90 Å². The van der Waals surface area contributed by atoms with E-state index in [1.807, 2.05) is 47.4 Å². The van der Waals surface area contributed by atoms with E-state index < -0.39 is 0 Å². The fraction of sp³-hybridized carbons (Fsp3) is 0.238. The minimum absolute atomic E-state index is 0.366. The Labute approximate surface area is 140 Å². The Kier molecular flexibility index (Phi) is 3.38. The zero-order valence-electron chi connectivity index (χ0n) is 13.9. The zero-order chi connectivity index (χ0) is 16.8. The summed E-state index contributed by atoms with van der Waals surface area (Å²) in [5.74, 6) is 0.441. The van der Waals surface area contributed by atoms with E-state index in [9.17, 15) is 9.59 Å². The van der Waals surface area contributed by atoms with Crippen LogP contribution in [0.2, 0.25) is 0 Å². The van der Waals surface area contributed by atoms with Crippen LogP contribution in [0, 0.1) is 0 Å². The quantitative estimate of drug-likeness (QED) is 0.690. The van der Waals surface area contributed by atoms with Gasteiger partial charge in [-0.2, -0.15) is 0 Å². The molecule has 0 unspecified atom stereocenters. The van der Waals surface area contributed by atoms with E-state index in [1.165, 1.54) is 11.1 Å². The van der Waals surface area contributed by atoms with E-state index in [4.69, 9.17) is 0 Å². The Bertz CT molecular complexity index is 976. The standard InChI is InChI=1S/C21H19NO2/c1-13(2)14-7-9-16(10-8-14)18-19(21(24)20(18)23)22-12-11-15-5-3-4-6-17(15)22/h3-10,13H,11-12H2,1-2H3. The molecule has 24 heavy (non-hydrogen) atoms. The molecule has 3 aromatic carbocycles. The topological polar surface area (TPSA) is 37.4 Å². The first-order valence-corrected chi connectivity index (χ1v) is 8.37. The van der Waals surface area contributed by atoms with Crippen molar-refractivity contribution in [3.05, 3.63) is 80.1 Å². The van der Waals surface area contributed by atoms with Gasteiger partial charge in [0.1, 0.15) is 5.69 Å². The summed E-state index contributed by atoms with van der Waals surface area (Å²) in [5.41, 5.74) is 4.72. The predicted octanol–water partition coefficient (Wildman–Crippen LogP) is 3.77. The van der Waals surface area contributed by atoms with Crippen molar-refractivity contribution < 1.29 is 0 Å². The first-order valence-electron chi connectivity index (χ1n) is 8.37. The van der Waals surface area contributed by atoms with Crippen LogP contribution >= 0.6 is 0 Å². The lowest BCUT2D eigenvalue weighted by atomic mass is 9.94. The molecule has 120 valence electrons. The summed E-state index contributed by atoms with van der Waals surface area (Å²) in [4.78, 5) is 26.5. The van der Waals surface area contributed by atoms with Gasteiger partial charge >= 0.3 is 0 Å². The highest BCUT2D eigenvalue weighted by molar-refractivity contribution is 5.87. The van der Waals surface area contributed by atoms with Gasteiger partial charge in [0.05, 0.1) is 5.56 Å². The van der Waals surface area contributed by atoms with Crippen molar-refractivity contribution in [2.75, 3.05) is 11.4 Å². The SMILES string of the molecule is CC(C)c1ccc(-c2c(N3CCc4ccccc43)c(=O)c2=O)cc1. The molecule has 1 heterocycles. The molecule has 0 spiro atoms. The summed E-state index contributed by atoms with van der Waals surface area (Å²) in [6.45, 7) is 5.03. The molecule has 0 bridgehead atoms. The highest BCUT2D eigenvalue weighted by atomic mass is 16.2. The van der Waals surface area contributed by atoms with Crippen molar-refractivity contribution in [2.24, 2.45) is 0 Å². The Morgan fingerprint density at radius 1 is 0.917 bits per heavy atom. The fourth-order valence-electron chi connectivity index (χ4n) is 3.51. The third-order valence-electron chi connectivity index (χ3n) is 4.91. The van der Waals surface area contributed by atoms with Crippen LogP contribution in [0.4, 0.5) is 11.4 Å². The van der Waals surface area contributed by atoms with Crippen LogP contribution in [0.5, 0.6) is 0 Å². The monoisotopic (exact) mass is 317 g/mol. The number of fused-ring (bicyclic) bond motifs is 1. The number of hydrogen-bond donors (Lipinski definition) is 0. The Morgan fingerprint density at radius 3 is 2.33 bits per heavy atom. The first kappa shape index (κ1) is 14.9. The molecule has 0 amide bonds. The molecule has 3 aromatic rings. The fourth-order valence-corrected chi connectivity index (χ4v) is 3.51. The number of rotatable bonds is 3. The summed E-state index contributed by atoms with van der Waals surface area (Å²) in [6, 6.07) is 16.1. The van der Waals surface area contributed by atoms with E-state index >= 15 is 0 Å². The molecule has 0 saturated heterocycles. The van der Waals surface area contributed by atoms with Crippen LogP contribution in [-0.4, -0.2) is 6.54 Å².